The summed E-state index contributed by atoms with van der Waals surface area (Å²) in [6.45, 7) is 3.46. The summed E-state index contributed by atoms with van der Waals surface area (Å²) < 4.78 is 29.3. The van der Waals surface area contributed by atoms with Gasteiger partial charge in [-0.05, 0) is 67.6 Å². The van der Waals surface area contributed by atoms with Crippen LogP contribution in [0.15, 0.2) is 83.8 Å². The van der Waals surface area contributed by atoms with Crippen LogP contribution in [0.4, 0.5) is 5.69 Å². The summed E-state index contributed by atoms with van der Waals surface area (Å²) in [7, 11) is -3.59. The molecule has 0 saturated carbocycles. The Balaban J connectivity index is 1.54. The Morgan fingerprint density at radius 1 is 0.938 bits per heavy atom. The highest BCUT2D eigenvalue weighted by Crippen LogP contribution is 2.42. The molecule has 0 radical (unpaired) electrons. The highest BCUT2D eigenvalue weighted by atomic mass is 35.5. The zero-order valence-electron chi connectivity index (χ0n) is 18.1. The maximum absolute atomic E-state index is 13.8. The molecule has 3 atom stereocenters. The first-order chi connectivity index (χ1) is 15.4. The molecule has 0 unspecified atom stereocenters. The topological polar surface area (TPSA) is 40.6 Å². The van der Waals surface area contributed by atoms with E-state index in [1.165, 1.54) is 0 Å². The van der Waals surface area contributed by atoms with E-state index in [1.807, 2.05) is 61.5 Å². The molecule has 166 valence electrons. The van der Waals surface area contributed by atoms with E-state index in [9.17, 15) is 8.42 Å². The molecule has 0 N–H and O–H groups in total. The molecule has 2 fully saturated rings. The maximum Gasteiger partial charge on any atom is 0.243 e. The van der Waals surface area contributed by atoms with Crippen LogP contribution >= 0.6 is 11.6 Å². The molecule has 2 saturated heterocycles. The maximum atomic E-state index is 13.8. The molecule has 0 amide bonds. The Morgan fingerprint density at radius 3 is 2.31 bits per heavy atom. The van der Waals surface area contributed by atoms with Gasteiger partial charge in [0.15, 0.2) is 0 Å². The van der Waals surface area contributed by atoms with Crippen molar-refractivity contribution < 1.29 is 8.42 Å². The van der Waals surface area contributed by atoms with E-state index in [1.54, 1.807) is 16.4 Å². The SMILES string of the molecule is Cc1ccc(S(=O)(=O)N2C[C@H]3CCN(c4ccc(Cl)cc4)[C@H]3[C@@H]2Cc2ccccc2)cc1. The van der Waals surface area contributed by atoms with Crippen LogP contribution in [0.3, 0.4) is 0 Å². The summed E-state index contributed by atoms with van der Waals surface area (Å²) in [5.74, 6) is 0.305. The third kappa shape index (κ3) is 3.94. The first-order valence-electron chi connectivity index (χ1n) is 11.1. The van der Waals surface area contributed by atoms with Crippen molar-refractivity contribution in [1.29, 1.82) is 0 Å². The van der Waals surface area contributed by atoms with Gasteiger partial charge in [-0.2, -0.15) is 4.31 Å². The van der Waals surface area contributed by atoms with E-state index in [0.29, 0.717) is 28.8 Å². The number of sulfonamides is 1. The molecule has 4 nitrogen and oxygen atoms in total. The lowest BCUT2D eigenvalue weighted by molar-refractivity contribution is 0.362. The molecule has 0 aromatic heterocycles. The van der Waals surface area contributed by atoms with Gasteiger partial charge < -0.3 is 4.90 Å². The van der Waals surface area contributed by atoms with Crippen molar-refractivity contribution in [3.05, 3.63) is 95.0 Å². The molecular formula is C26H27ClN2O2S. The highest BCUT2D eigenvalue weighted by molar-refractivity contribution is 7.89. The number of aryl methyl sites for hydroxylation is 1. The molecule has 6 heteroatoms. The Kier molecular flexibility index (Phi) is 5.74. The summed E-state index contributed by atoms with van der Waals surface area (Å²) in [4.78, 5) is 2.76. The zero-order valence-corrected chi connectivity index (χ0v) is 19.6. The van der Waals surface area contributed by atoms with Crippen molar-refractivity contribution in [2.75, 3.05) is 18.0 Å². The predicted octanol–water partition coefficient (Wildman–Crippen LogP) is 5.16. The number of benzene rings is 3. The lowest BCUT2D eigenvalue weighted by atomic mass is 9.95. The number of fused-ring (bicyclic) bond motifs is 1. The molecule has 32 heavy (non-hydrogen) atoms. The summed E-state index contributed by atoms with van der Waals surface area (Å²) >= 11 is 6.12. The number of hydrogen-bond acceptors (Lipinski definition) is 3. The Morgan fingerprint density at radius 2 is 1.62 bits per heavy atom. The largest absolute Gasteiger partial charge is 0.367 e. The summed E-state index contributed by atoms with van der Waals surface area (Å²) in [5.41, 5.74) is 3.32. The average Bonchev–Trinajstić information content (AvgIpc) is 3.36. The van der Waals surface area contributed by atoms with E-state index in [2.05, 4.69) is 17.0 Å². The van der Waals surface area contributed by atoms with Crippen LogP contribution in [0.2, 0.25) is 5.02 Å². The van der Waals surface area contributed by atoms with Gasteiger partial charge in [0.25, 0.3) is 0 Å². The van der Waals surface area contributed by atoms with Crippen molar-refractivity contribution >= 4 is 27.3 Å². The summed E-state index contributed by atoms with van der Waals surface area (Å²) in [5, 5.41) is 0.709. The zero-order chi connectivity index (χ0) is 22.3. The smallest absolute Gasteiger partial charge is 0.243 e. The molecule has 2 aliphatic rings. The van der Waals surface area contributed by atoms with E-state index in [0.717, 1.165) is 29.8 Å². The van der Waals surface area contributed by atoms with Crippen LogP contribution in [0.25, 0.3) is 0 Å². The van der Waals surface area contributed by atoms with Gasteiger partial charge in [-0.3, -0.25) is 0 Å². The first kappa shape index (κ1) is 21.5. The van der Waals surface area contributed by atoms with Crippen molar-refractivity contribution in [1.82, 2.24) is 4.31 Å². The van der Waals surface area contributed by atoms with Crippen LogP contribution in [0, 0.1) is 12.8 Å². The lowest BCUT2D eigenvalue weighted by Gasteiger charge is -2.34. The fourth-order valence-electron chi connectivity index (χ4n) is 5.27. The minimum absolute atomic E-state index is 0.133. The molecule has 3 aromatic rings. The lowest BCUT2D eigenvalue weighted by Crippen LogP contribution is -2.47. The highest BCUT2D eigenvalue weighted by Gasteiger charge is 2.52. The normalized spacial score (nSPS) is 23.4. The third-order valence-electron chi connectivity index (χ3n) is 6.84. The monoisotopic (exact) mass is 466 g/mol. The van der Waals surface area contributed by atoms with Gasteiger partial charge in [0.1, 0.15) is 0 Å². The summed E-state index contributed by atoms with van der Waals surface area (Å²) in [6.07, 6.45) is 1.68. The second-order valence-electron chi connectivity index (χ2n) is 8.85. The fourth-order valence-corrected chi connectivity index (χ4v) is 7.09. The number of halogens is 1. The van der Waals surface area contributed by atoms with E-state index < -0.39 is 10.0 Å². The Hall–Kier alpha value is -2.34. The van der Waals surface area contributed by atoms with Gasteiger partial charge in [0.2, 0.25) is 10.0 Å². The van der Waals surface area contributed by atoms with E-state index >= 15 is 0 Å². The molecule has 5 rings (SSSR count). The molecule has 2 heterocycles. The van der Waals surface area contributed by atoms with Crippen LogP contribution < -0.4 is 4.90 Å². The second kappa shape index (κ2) is 8.54. The standard InChI is InChI=1S/C26H27ClN2O2S/c1-19-7-13-24(14-8-19)32(30,31)29-18-21-15-16-28(23-11-9-22(27)10-12-23)26(21)25(29)17-20-5-3-2-4-6-20/h2-14,21,25-26H,15-18H2,1H3/t21-,25+,26-/m1/s1. The van der Waals surface area contributed by atoms with Crippen molar-refractivity contribution in [2.24, 2.45) is 5.92 Å². The predicted molar refractivity (Wildman–Crippen MR) is 130 cm³/mol. The second-order valence-corrected chi connectivity index (χ2v) is 11.2. The quantitative estimate of drug-likeness (QED) is 0.521. The van der Waals surface area contributed by atoms with Crippen molar-refractivity contribution in [3.63, 3.8) is 0 Å². The fraction of sp³-hybridized carbons (Fsp3) is 0.308. The molecule has 2 aliphatic heterocycles. The van der Waals surface area contributed by atoms with Gasteiger partial charge >= 0.3 is 0 Å². The van der Waals surface area contributed by atoms with E-state index in [-0.39, 0.29) is 12.1 Å². The molecule has 0 bridgehead atoms. The Labute approximate surface area is 195 Å². The number of rotatable bonds is 5. The van der Waals surface area contributed by atoms with Gasteiger partial charge in [-0.1, -0.05) is 59.6 Å². The van der Waals surface area contributed by atoms with Gasteiger partial charge in [0, 0.05) is 29.8 Å². The molecular weight excluding hydrogens is 440 g/mol. The number of nitrogens with zero attached hydrogens (tertiary/aromatic N) is 2. The van der Waals surface area contributed by atoms with Crippen LogP contribution in [0.5, 0.6) is 0 Å². The minimum Gasteiger partial charge on any atom is -0.367 e. The third-order valence-corrected chi connectivity index (χ3v) is 8.99. The Bertz CT molecular complexity index is 1180. The molecule has 0 aliphatic carbocycles. The first-order valence-corrected chi connectivity index (χ1v) is 12.9. The number of hydrogen-bond donors (Lipinski definition) is 0. The van der Waals surface area contributed by atoms with Gasteiger partial charge in [-0.25, -0.2) is 8.42 Å². The van der Waals surface area contributed by atoms with Crippen molar-refractivity contribution in [2.45, 2.75) is 36.7 Å². The van der Waals surface area contributed by atoms with Crippen LogP contribution in [0.1, 0.15) is 17.5 Å². The van der Waals surface area contributed by atoms with E-state index in [4.69, 9.17) is 11.6 Å². The van der Waals surface area contributed by atoms with Crippen LogP contribution in [-0.4, -0.2) is 37.9 Å². The summed E-state index contributed by atoms with van der Waals surface area (Å²) in [6, 6.07) is 25.3. The minimum atomic E-state index is -3.59. The average molecular weight is 467 g/mol. The van der Waals surface area contributed by atoms with Crippen LogP contribution in [-0.2, 0) is 16.4 Å². The van der Waals surface area contributed by atoms with Gasteiger partial charge in [0.05, 0.1) is 10.9 Å². The molecule has 3 aromatic carbocycles. The van der Waals surface area contributed by atoms with Gasteiger partial charge in [-0.15, -0.1) is 0 Å². The van der Waals surface area contributed by atoms with Crippen molar-refractivity contribution in [3.8, 4) is 0 Å². The molecule has 0 spiro atoms. The number of anilines is 1.